The van der Waals surface area contributed by atoms with Gasteiger partial charge in [-0.2, -0.15) is 0 Å². The molecule has 1 atom stereocenters. The maximum Gasteiger partial charge on any atom is 0.145 e. The van der Waals surface area contributed by atoms with Gasteiger partial charge in [0.15, 0.2) is 0 Å². The van der Waals surface area contributed by atoms with E-state index >= 15 is 0 Å². The smallest absolute Gasteiger partial charge is 0.145 e. The van der Waals surface area contributed by atoms with E-state index in [1.165, 1.54) is 0 Å². The van der Waals surface area contributed by atoms with Gasteiger partial charge in [0.05, 0.1) is 5.02 Å². The Balaban J connectivity index is 2.46. The molecular weight excluding hydrogens is 237 g/mol. The van der Waals surface area contributed by atoms with Crippen LogP contribution in [0.25, 0.3) is 0 Å². The molecule has 1 unspecified atom stereocenters. The minimum Gasteiger partial charge on any atom is -0.330 e. The van der Waals surface area contributed by atoms with E-state index < -0.39 is 0 Å². The summed E-state index contributed by atoms with van der Waals surface area (Å²) in [5.41, 5.74) is 7.29. The summed E-state index contributed by atoms with van der Waals surface area (Å²) >= 11 is 5.79. The molecule has 0 saturated heterocycles. The van der Waals surface area contributed by atoms with Crippen LogP contribution in [0.4, 0.5) is 4.39 Å². The van der Waals surface area contributed by atoms with Crippen molar-refractivity contribution in [3.05, 3.63) is 70.5 Å². The van der Waals surface area contributed by atoms with Crippen LogP contribution in [0, 0.1) is 5.82 Å². The zero-order valence-electron chi connectivity index (χ0n) is 9.24. The van der Waals surface area contributed by atoms with Crippen molar-refractivity contribution >= 4 is 11.6 Å². The van der Waals surface area contributed by atoms with Gasteiger partial charge in [-0.3, -0.25) is 0 Å². The summed E-state index contributed by atoms with van der Waals surface area (Å²) < 4.78 is 13.9. The maximum atomic E-state index is 13.9. The molecule has 0 saturated carbocycles. The fourth-order valence-corrected chi connectivity index (χ4v) is 2.10. The molecule has 17 heavy (non-hydrogen) atoms. The van der Waals surface area contributed by atoms with E-state index in [0.29, 0.717) is 12.1 Å². The number of rotatable bonds is 3. The van der Waals surface area contributed by atoms with Gasteiger partial charge in [0.1, 0.15) is 5.82 Å². The average Bonchev–Trinajstić information content (AvgIpc) is 2.37. The molecule has 2 N–H and O–H groups in total. The zero-order valence-corrected chi connectivity index (χ0v) is 9.99. The largest absolute Gasteiger partial charge is 0.330 e. The molecule has 0 aliphatic heterocycles. The molecule has 3 heteroatoms. The van der Waals surface area contributed by atoms with Crippen molar-refractivity contribution in [3.63, 3.8) is 0 Å². The molecule has 0 heterocycles. The Labute approximate surface area is 105 Å². The number of benzene rings is 2. The zero-order chi connectivity index (χ0) is 12.3. The lowest BCUT2D eigenvalue weighted by molar-refractivity contribution is 0.598. The highest BCUT2D eigenvalue weighted by Crippen LogP contribution is 2.28. The molecule has 2 rings (SSSR count). The lowest BCUT2D eigenvalue weighted by atomic mass is 9.91. The number of halogens is 2. The van der Waals surface area contributed by atoms with Gasteiger partial charge in [-0.05, 0) is 17.2 Å². The van der Waals surface area contributed by atoms with Gasteiger partial charge < -0.3 is 5.73 Å². The molecular formula is C14H13ClFN. The Kier molecular flexibility index (Phi) is 3.77. The van der Waals surface area contributed by atoms with E-state index in [4.69, 9.17) is 17.3 Å². The Hall–Kier alpha value is -1.38. The van der Waals surface area contributed by atoms with Crippen molar-refractivity contribution in [2.75, 3.05) is 6.54 Å². The first-order chi connectivity index (χ1) is 8.24. The quantitative estimate of drug-likeness (QED) is 0.884. The van der Waals surface area contributed by atoms with Crippen LogP contribution in [-0.4, -0.2) is 6.54 Å². The third-order valence-corrected chi connectivity index (χ3v) is 3.09. The SMILES string of the molecule is NCC(c1ccccc1)c1cccc(Cl)c1F. The van der Waals surface area contributed by atoms with Crippen molar-refractivity contribution in [3.8, 4) is 0 Å². The first kappa shape index (κ1) is 12.1. The standard InChI is InChI=1S/C14H13ClFN/c15-13-8-4-7-11(14(13)16)12(9-17)10-5-2-1-3-6-10/h1-8,12H,9,17H2. The molecule has 0 aliphatic rings. The fraction of sp³-hybridized carbons (Fsp3) is 0.143. The van der Waals surface area contributed by atoms with E-state index in [0.717, 1.165) is 5.56 Å². The number of hydrogen-bond donors (Lipinski definition) is 1. The average molecular weight is 250 g/mol. The van der Waals surface area contributed by atoms with Gasteiger partial charge in [-0.1, -0.05) is 54.1 Å². The molecule has 0 aromatic heterocycles. The van der Waals surface area contributed by atoms with E-state index in [9.17, 15) is 4.39 Å². The van der Waals surface area contributed by atoms with Crippen LogP contribution < -0.4 is 5.73 Å². The minimum atomic E-state index is -0.381. The van der Waals surface area contributed by atoms with E-state index in [-0.39, 0.29) is 16.8 Å². The Bertz CT molecular complexity index is 499. The highest BCUT2D eigenvalue weighted by atomic mass is 35.5. The van der Waals surface area contributed by atoms with E-state index in [2.05, 4.69) is 0 Å². The summed E-state index contributed by atoms with van der Waals surface area (Å²) in [5.74, 6) is -0.539. The Morgan fingerprint density at radius 2 is 1.76 bits per heavy atom. The topological polar surface area (TPSA) is 26.0 Å². The number of hydrogen-bond acceptors (Lipinski definition) is 1. The van der Waals surface area contributed by atoms with Gasteiger partial charge in [-0.25, -0.2) is 4.39 Å². The molecule has 0 fully saturated rings. The van der Waals surface area contributed by atoms with Crippen LogP contribution in [0.15, 0.2) is 48.5 Å². The number of nitrogens with two attached hydrogens (primary N) is 1. The van der Waals surface area contributed by atoms with Crippen LogP contribution in [0.5, 0.6) is 0 Å². The Morgan fingerprint density at radius 3 is 2.41 bits per heavy atom. The fourth-order valence-electron chi connectivity index (χ4n) is 1.92. The van der Waals surface area contributed by atoms with Crippen molar-refractivity contribution < 1.29 is 4.39 Å². The van der Waals surface area contributed by atoms with Gasteiger partial charge in [0.2, 0.25) is 0 Å². The summed E-state index contributed by atoms with van der Waals surface area (Å²) in [5, 5.41) is 0.136. The Morgan fingerprint density at radius 1 is 1.06 bits per heavy atom. The first-order valence-corrected chi connectivity index (χ1v) is 5.80. The molecule has 1 nitrogen and oxygen atoms in total. The third kappa shape index (κ3) is 2.48. The molecule has 0 spiro atoms. The minimum absolute atomic E-state index is 0.136. The molecule has 0 amide bonds. The third-order valence-electron chi connectivity index (χ3n) is 2.79. The van der Waals surface area contributed by atoms with E-state index in [1.807, 2.05) is 30.3 Å². The molecule has 0 bridgehead atoms. The van der Waals surface area contributed by atoms with Gasteiger partial charge in [0.25, 0.3) is 0 Å². The summed E-state index contributed by atoms with van der Waals surface area (Å²) in [6, 6.07) is 14.7. The van der Waals surface area contributed by atoms with Crippen molar-refractivity contribution in [2.24, 2.45) is 5.73 Å². The molecule has 2 aromatic rings. The van der Waals surface area contributed by atoms with Gasteiger partial charge in [-0.15, -0.1) is 0 Å². The van der Waals surface area contributed by atoms with Gasteiger partial charge >= 0.3 is 0 Å². The maximum absolute atomic E-state index is 13.9. The van der Waals surface area contributed by atoms with E-state index in [1.54, 1.807) is 18.2 Å². The normalized spacial score (nSPS) is 12.4. The summed E-state index contributed by atoms with van der Waals surface area (Å²) in [6.07, 6.45) is 0. The summed E-state index contributed by atoms with van der Waals surface area (Å²) in [4.78, 5) is 0. The molecule has 0 radical (unpaired) electrons. The predicted octanol–water partition coefficient (Wildman–Crippen LogP) is 3.57. The van der Waals surface area contributed by atoms with Gasteiger partial charge in [0, 0.05) is 12.5 Å². The van der Waals surface area contributed by atoms with Crippen molar-refractivity contribution in [2.45, 2.75) is 5.92 Å². The molecule has 88 valence electrons. The molecule has 0 aliphatic carbocycles. The van der Waals surface area contributed by atoms with Crippen LogP contribution in [0.1, 0.15) is 17.0 Å². The summed E-state index contributed by atoms with van der Waals surface area (Å²) in [6.45, 7) is 0.348. The van der Waals surface area contributed by atoms with Crippen LogP contribution >= 0.6 is 11.6 Å². The second-order valence-corrected chi connectivity index (χ2v) is 4.25. The van der Waals surface area contributed by atoms with Crippen molar-refractivity contribution in [1.29, 1.82) is 0 Å². The highest BCUT2D eigenvalue weighted by Gasteiger charge is 2.17. The second kappa shape index (κ2) is 5.30. The van der Waals surface area contributed by atoms with Crippen LogP contribution in [0.2, 0.25) is 5.02 Å². The summed E-state index contributed by atoms with van der Waals surface area (Å²) in [7, 11) is 0. The lowest BCUT2D eigenvalue weighted by Gasteiger charge is -2.16. The highest BCUT2D eigenvalue weighted by molar-refractivity contribution is 6.30. The van der Waals surface area contributed by atoms with Crippen LogP contribution in [-0.2, 0) is 0 Å². The second-order valence-electron chi connectivity index (χ2n) is 3.84. The predicted molar refractivity (Wildman–Crippen MR) is 68.7 cm³/mol. The van der Waals surface area contributed by atoms with Crippen LogP contribution in [0.3, 0.4) is 0 Å². The van der Waals surface area contributed by atoms with Crippen molar-refractivity contribution in [1.82, 2.24) is 0 Å². The first-order valence-electron chi connectivity index (χ1n) is 5.43. The monoisotopic (exact) mass is 249 g/mol. The lowest BCUT2D eigenvalue weighted by Crippen LogP contribution is -2.15. The molecule has 2 aromatic carbocycles.